The molecule has 1 saturated heterocycles. The van der Waals surface area contributed by atoms with Crippen LogP contribution in [0.3, 0.4) is 0 Å². The van der Waals surface area contributed by atoms with Gasteiger partial charge in [-0.25, -0.2) is 4.98 Å². The molecule has 1 aliphatic heterocycles. The first-order valence-electron chi connectivity index (χ1n) is 6.43. The molecular formula is C14H16N4O. The number of benzene rings is 1. The van der Waals surface area contributed by atoms with Gasteiger partial charge in [-0.15, -0.1) is 5.10 Å². The topological polar surface area (TPSA) is 51.1 Å². The first kappa shape index (κ1) is 12.0. The third kappa shape index (κ3) is 2.56. The van der Waals surface area contributed by atoms with Gasteiger partial charge in [0.15, 0.2) is 0 Å². The standard InChI is InChI=1S/C14H16N4O/c1-11-4-2-3-5-12(11)13-10-15-17-14(16-13)18-6-8-19-9-7-18/h2-5,10H,6-9H2,1H3. The normalized spacial score (nSPS) is 15.5. The van der Waals surface area contributed by atoms with Gasteiger partial charge in [0.25, 0.3) is 0 Å². The number of ether oxygens (including phenoxy) is 1. The summed E-state index contributed by atoms with van der Waals surface area (Å²) in [5.41, 5.74) is 3.16. The van der Waals surface area contributed by atoms with Gasteiger partial charge in [0.2, 0.25) is 5.95 Å². The van der Waals surface area contributed by atoms with Gasteiger partial charge in [0.1, 0.15) is 0 Å². The summed E-state index contributed by atoms with van der Waals surface area (Å²) >= 11 is 0. The summed E-state index contributed by atoms with van der Waals surface area (Å²) in [6.45, 7) is 5.15. The lowest BCUT2D eigenvalue weighted by atomic mass is 10.1. The smallest absolute Gasteiger partial charge is 0.246 e. The highest BCUT2D eigenvalue weighted by Crippen LogP contribution is 2.21. The van der Waals surface area contributed by atoms with Crippen LogP contribution in [0.15, 0.2) is 30.5 Å². The maximum Gasteiger partial charge on any atom is 0.246 e. The Morgan fingerprint density at radius 3 is 2.74 bits per heavy atom. The van der Waals surface area contributed by atoms with Crippen LogP contribution in [0.4, 0.5) is 5.95 Å². The molecule has 0 N–H and O–H groups in total. The van der Waals surface area contributed by atoms with Crippen LogP contribution in [-0.4, -0.2) is 41.5 Å². The summed E-state index contributed by atoms with van der Waals surface area (Å²) in [7, 11) is 0. The Hall–Kier alpha value is -2.01. The Morgan fingerprint density at radius 2 is 1.95 bits per heavy atom. The van der Waals surface area contributed by atoms with Crippen molar-refractivity contribution in [3.63, 3.8) is 0 Å². The van der Waals surface area contributed by atoms with Crippen LogP contribution in [0.2, 0.25) is 0 Å². The van der Waals surface area contributed by atoms with Crippen LogP contribution in [0.5, 0.6) is 0 Å². The molecule has 19 heavy (non-hydrogen) atoms. The van der Waals surface area contributed by atoms with Gasteiger partial charge in [0.05, 0.1) is 25.1 Å². The fourth-order valence-corrected chi connectivity index (χ4v) is 2.18. The quantitative estimate of drug-likeness (QED) is 0.818. The first-order chi connectivity index (χ1) is 9.34. The van der Waals surface area contributed by atoms with E-state index in [1.165, 1.54) is 5.56 Å². The average Bonchev–Trinajstić information content (AvgIpc) is 2.49. The first-order valence-corrected chi connectivity index (χ1v) is 6.43. The molecule has 2 heterocycles. The van der Waals surface area contributed by atoms with Gasteiger partial charge in [-0.2, -0.15) is 5.10 Å². The second kappa shape index (κ2) is 5.32. The summed E-state index contributed by atoms with van der Waals surface area (Å²) in [6.07, 6.45) is 1.71. The number of hydrogen-bond acceptors (Lipinski definition) is 5. The lowest BCUT2D eigenvalue weighted by Gasteiger charge is -2.26. The molecular weight excluding hydrogens is 240 g/mol. The second-order valence-electron chi connectivity index (χ2n) is 4.56. The monoisotopic (exact) mass is 256 g/mol. The van der Waals surface area contributed by atoms with Crippen LogP contribution >= 0.6 is 0 Å². The molecule has 0 saturated carbocycles. The van der Waals surface area contributed by atoms with E-state index in [2.05, 4.69) is 39.1 Å². The molecule has 0 unspecified atom stereocenters. The Balaban J connectivity index is 1.93. The highest BCUT2D eigenvalue weighted by molar-refractivity contribution is 5.63. The van der Waals surface area contributed by atoms with Gasteiger partial charge >= 0.3 is 0 Å². The molecule has 98 valence electrons. The van der Waals surface area contributed by atoms with Gasteiger partial charge in [-0.3, -0.25) is 0 Å². The van der Waals surface area contributed by atoms with E-state index < -0.39 is 0 Å². The molecule has 1 fully saturated rings. The molecule has 1 aliphatic rings. The second-order valence-corrected chi connectivity index (χ2v) is 4.56. The van der Waals surface area contributed by atoms with E-state index in [9.17, 15) is 0 Å². The van der Waals surface area contributed by atoms with Crippen molar-refractivity contribution in [2.75, 3.05) is 31.2 Å². The van der Waals surface area contributed by atoms with E-state index in [-0.39, 0.29) is 0 Å². The van der Waals surface area contributed by atoms with E-state index in [1.54, 1.807) is 6.20 Å². The molecule has 0 amide bonds. The SMILES string of the molecule is Cc1ccccc1-c1cnnc(N2CCOCC2)n1. The van der Waals surface area contributed by atoms with E-state index in [0.717, 1.165) is 37.6 Å². The Bertz CT molecular complexity index is 567. The number of rotatable bonds is 2. The lowest BCUT2D eigenvalue weighted by molar-refractivity contribution is 0.122. The maximum atomic E-state index is 5.34. The van der Waals surface area contributed by atoms with Gasteiger partial charge < -0.3 is 9.64 Å². The van der Waals surface area contributed by atoms with E-state index in [1.807, 2.05) is 12.1 Å². The van der Waals surface area contributed by atoms with Crippen LogP contribution in [-0.2, 0) is 4.74 Å². The third-order valence-corrected chi connectivity index (χ3v) is 3.26. The zero-order valence-corrected chi connectivity index (χ0v) is 10.9. The predicted molar refractivity (Wildman–Crippen MR) is 73.0 cm³/mol. The van der Waals surface area contributed by atoms with E-state index in [4.69, 9.17) is 4.74 Å². The molecule has 2 aromatic rings. The molecule has 5 nitrogen and oxygen atoms in total. The minimum atomic E-state index is 0.684. The van der Waals surface area contributed by atoms with Crippen molar-refractivity contribution in [3.8, 4) is 11.3 Å². The van der Waals surface area contributed by atoms with Crippen molar-refractivity contribution in [3.05, 3.63) is 36.0 Å². The minimum absolute atomic E-state index is 0.684. The molecule has 0 radical (unpaired) electrons. The van der Waals surface area contributed by atoms with Gasteiger partial charge in [0, 0.05) is 18.7 Å². The van der Waals surface area contributed by atoms with Crippen LogP contribution in [0.1, 0.15) is 5.56 Å². The van der Waals surface area contributed by atoms with Crippen molar-refractivity contribution in [1.29, 1.82) is 0 Å². The van der Waals surface area contributed by atoms with Crippen molar-refractivity contribution in [1.82, 2.24) is 15.2 Å². The summed E-state index contributed by atoms with van der Waals surface area (Å²) in [5, 5.41) is 8.21. The predicted octanol–water partition coefficient (Wildman–Crippen LogP) is 1.68. The minimum Gasteiger partial charge on any atom is -0.378 e. The van der Waals surface area contributed by atoms with Crippen LogP contribution < -0.4 is 4.90 Å². The maximum absolute atomic E-state index is 5.34. The van der Waals surface area contributed by atoms with Crippen molar-refractivity contribution >= 4 is 5.95 Å². The number of anilines is 1. The molecule has 5 heteroatoms. The van der Waals surface area contributed by atoms with E-state index >= 15 is 0 Å². The van der Waals surface area contributed by atoms with Crippen molar-refractivity contribution < 1.29 is 4.74 Å². The van der Waals surface area contributed by atoms with Crippen molar-refractivity contribution in [2.24, 2.45) is 0 Å². The molecule has 0 spiro atoms. The molecule has 0 bridgehead atoms. The molecule has 1 aromatic carbocycles. The molecule has 1 aromatic heterocycles. The Morgan fingerprint density at radius 1 is 1.16 bits per heavy atom. The highest BCUT2D eigenvalue weighted by Gasteiger charge is 2.15. The lowest BCUT2D eigenvalue weighted by Crippen LogP contribution is -2.37. The van der Waals surface area contributed by atoms with Crippen LogP contribution in [0, 0.1) is 6.92 Å². The molecule has 0 aliphatic carbocycles. The highest BCUT2D eigenvalue weighted by atomic mass is 16.5. The summed E-state index contributed by atoms with van der Waals surface area (Å²) in [4.78, 5) is 6.73. The van der Waals surface area contributed by atoms with Crippen molar-refractivity contribution in [2.45, 2.75) is 6.92 Å². The number of morpholine rings is 1. The average molecular weight is 256 g/mol. The van der Waals surface area contributed by atoms with Gasteiger partial charge in [-0.05, 0) is 12.5 Å². The Labute approximate surface area is 112 Å². The largest absolute Gasteiger partial charge is 0.378 e. The fourth-order valence-electron chi connectivity index (χ4n) is 2.18. The third-order valence-electron chi connectivity index (χ3n) is 3.26. The molecule has 3 rings (SSSR count). The number of aryl methyl sites for hydroxylation is 1. The summed E-state index contributed by atoms with van der Waals surface area (Å²) in [5.74, 6) is 0.684. The Kier molecular flexibility index (Phi) is 3.37. The number of nitrogens with zero attached hydrogens (tertiary/aromatic N) is 4. The van der Waals surface area contributed by atoms with Crippen LogP contribution in [0.25, 0.3) is 11.3 Å². The number of aromatic nitrogens is 3. The number of hydrogen-bond donors (Lipinski definition) is 0. The molecule has 0 atom stereocenters. The fraction of sp³-hybridized carbons (Fsp3) is 0.357. The summed E-state index contributed by atoms with van der Waals surface area (Å²) < 4.78 is 5.34. The zero-order valence-electron chi connectivity index (χ0n) is 10.9. The van der Waals surface area contributed by atoms with Gasteiger partial charge in [-0.1, -0.05) is 24.3 Å². The zero-order chi connectivity index (χ0) is 13.1. The summed E-state index contributed by atoms with van der Waals surface area (Å²) in [6, 6.07) is 8.17. The van der Waals surface area contributed by atoms with E-state index in [0.29, 0.717) is 5.95 Å².